The zero-order chi connectivity index (χ0) is 23.4. The maximum Gasteiger partial charge on any atom is 0.324 e. The first-order chi connectivity index (χ1) is 15.9. The maximum absolute atomic E-state index is 13.4. The standard InChI is InChI=1S/C25H27N3O4S/c1-19-12-13-24(23(16-19)26-33(30,31)22-10-4-3-5-11-22)28-15-7-14-27(25(28)29)18-20-8-6-9-21(17-20)32-2/h3-6,8-13,16-17,26H,7,14-15,18H2,1-2H3. The van der Waals surface area contributed by atoms with Crippen LogP contribution in [0.3, 0.4) is 0 Å². The van der Waals surface area contributed by atoms with Crippen LogP contribution in [0, 0.1) is 6.92 Å². The van der Waals surface area contributed by atoms with E-state index in [4.69, 9.17) is 4.74 Å². The average Bonchev–Trinajstić information content (AvgIpc) is 2.81. The molecule has 7 nitrogen and oxygen atoms in total. The number of nitrogens with zero attached hydrogens (tertiary/aromatic N) is 2. The molecular weight excluding hydrogens is 438 g/mol. The van der Waals surface area contributed by atoms with Crippen LogP contribution in [0.2, 0.25) is 0 Å². The molecule has 0 spiro atoms. The summed E-state index contributed by atoms with van der Waals surface area (Å²) in [5.41, 5.74) is 2.79. The van der Waals surface area contributed by atoms with E-state index in [1.54, 1.807) is 59.4 Å². The molecule has 1 saturated heterocycles. The van der Waals surface area contributed by atoms with Crippen molar-refractivity contribution in [3.63, 3.8) is 0 Å². The molecule has 0 radical (unpaired) electrons. The summed E-state index contributed by atoms with van der Waals surface area (Å²) in [7, 11) is -2.18. The van der Waals surface area contributed by atoms with Crippen LogP contribution in [0.5, 0.6) is 5.75 Å². The van der Waals surface area contributed by atoms with Gasteiger partial charge in [-0.1, -0.05) is 36.4 Å². The van der Waals surface area contributed by atoms with Crippen LogP contribution in [-0.4, -0.2) is 39.5 Å². The highest BCUT2D eigenvalue weighted by Gasteiger charge is 2.29. The molecule has 3 aromatic carbocycles. The molecule has 0 unspecified atom stereocenters. The number of carbonyl (C=O) groups is 1. The number of benzene rings is 3. The summed E-state index contributed by atoms with van der Waals surface area (Å²) in [6.07, 6.45) is 0.772. The molecule has 1 aliphatic rings. The highest BCUT2D eigenvalue weighted by molar-refractivity contribution is 7.92. The Labute approximate surface area is 194 Å². The second-order valence-electron chi connectivity index (χ2n) is 8.00. The molecule has 1 aliphatic heterocycles. The van der Waals surface area contributed by atoms with Crippen LogP contribution in [0.1, 0.15) is 17.5 Å². The molecule has 0 atom stereocenters. The number of aryl methyl sites for hydroxylation is 1. The lowest BCUT2D eigenvalue weighted by Crippen LogP contribution is -2.49. The number of methoxy groups -OCH3 is 1. The lowest BCUT2D eigenvalue weighted by Gasteiger charge is -2.36. The molecular formula is C25H27N3O4S. The molecule has 0 aromatic heterocycles. The summed E-state index contributed by atoms with van der Waals surface area (Å²) < 4.78 is 33.9. The van der Waals surface area contributed by atoms with Gasteiger partial charge < -0.3 is 9.64 Å². The Morgan fingerprint density at radius 2 is 1.76 bits per heavy atom. The maximum atomic E-state index is 13.4. The molecule has 0 saturated carbocycles. The molecule has 3 aromatic rings. The minimum atomic E-state index is -3.79. The van der Waals surface area contributed by atoms with Crippen LogP contribution >= 0.6 is 0 Å². The third kappa shape index (κ3) is 5.12. The molecule has 172 valence electrons. The summed E-state index contributed by atoms with van der Waals surface area (Å²) in [5, 5.41) is 0. The van der Waals surface area contributed by atoms with Crippen molar-refractivity contribution in [2.45, 2.75) is 24.8 Å². The van der Waals surface area contributed by atoms with Crippen molar-refractivity contribution in [2.24, 2.45) is 0 Å². The number of carbonyl (C=O) groups excluding carboxylic acids is 1. The Morgan fingerprint density at radius 3 is 2.52 bits per heavy atom. The molecule has 0 aliphatic carbocycles. The lowest BCUT2D eigenvalue weighted by molar-refractivity contribution is 0.192. The summed E-state index contributed by atoms with van der Waals surface area (Å²) in [5.74, 6) is 0.741. The SMILES string of the molecule is COc1cccc(CN2CCCN(c3ccc(C)cc3NS(=O)(=O)c3ccccc3)C2=O)c1. The van der Waals surface area contributed by atoms with Crippen LogP contribution < -0.4 is 14.4 Å². The van der Waals surface area contributed by atoms with Crippen LogP contribution in [0.4, 0.5) is 16.2 Å². The number of rotatable bonds is 7. The number of urea groups is 1. The summed E-state index contributed by atoms with van der Waals surface area (Å²) in [4.78, 5) is 17.0. The zero-order valence-corrected chi connectivity index (χ0v) is 19.5. The van der Waals surface area contributed by atoms with E-state index in [1.165, 1.54) is 0 Å². The highest BCUT2D eigenvalue weighted by Crippen LogP contribution is 2.32. The first-order valence-corrected chi connectivity index (χ1v) is 12.2. The quantitative estimate of drug-likeness (QED) is 0.552. The molecule has 1 N–H and O–H groups in total. The van der Waals surface area contributed by atoms with Gasteiger partial charge in [0.25, 0.3) is 10.0 Å². The van der Waals surface area contributed by atoms with Crippen molar-refractivity contribution in [3.8, 4) is 5.75 Å². The Kier molecular flexibility index (Phi) is 6.55. The monoisotopic (exact) mass is 465 g/mol. The van der Waals surface area contributed by atoms with Crippen molar-refractivity contribution >= 4 is 27.4 Å². The Balaban J connectivity index is 1.61. The van der Waals surface area contributed by atoms with Gasteiger partial charge >= 0.3 is 6.03 Å². The number of sulfonamides is 1. The topological polar surface area (TPSA) is 79.0 Å². The fraction of sp³-hybridized carbons (Fsp3) is 0.240. The number of hydrogen-bond donors (Lipinski definition) is 1. The van der Waals surface area contributed by atoms with Crippen molar-refractivity contribution < 1.29 is 17.9 Å². The summed E-state index contributed by atoms with van der Waals surface area (Å²) in [6.45, 7) is 3.47. The average molecular weight is 466 g/mol. The van der Waals surface area contributed by atoms with E-state index in [0.717, 1.165) is 23.3 Å². The van der Waals surface area contributed by atoms with Gasteiger partial charge in [-0.05, 0) is 60.9 Å². The second kappa shape index (κ2) is 9.54. The van der Waals surface area contributed by atoms with Gasteiger partial charge in [-0.25, -0.2) is 13.2 Å². The molecule has 1 fully saturated rings. The zero-order valence-electron chi connectivity index (χ0n) is 18.7. The Hall–Kier alpha value is -3.52. The van der Waals surface area contributed by atoms with Gasteiger partial charge in [0.15, 0.2) is 0 Å². The number of nitrogens with one attached hydrogen (secondary N) is 1. The third-order valence-corrected chi connectivity index (χ3v) is 6.94. The second-order valence-corrected chi connectivity index (χ2v) is 9.68. The fourth-order valence-electron chi connectivity index (χ4n) is 3.91. The largest absolute Gasteiger partial charge is 0.497 e. The van der Waals surface area contributed by atoms with Gasteiger partial charge in [0.05, 0.1) is 23.4 Å². The normalized spacial score (nSPS) is 14.3. The van der Waals surface area contributed by atoms with Gasteiger partial charge in [-0.3, -0.25) is 9.62 Å². The molecule has 33 heavy (non-hydrogen) atoms. The van der Waals surface area contributed by atoms with Gasteiger partial charge in [-0.15, -0.1) is 0 Å². The van der Waals surface area contributed by atoms with E-state index in [1.807, 2.05) is 37.3 Å². The molecule has 0 bridgehead atoms. The minimum Gasteiger partial charge on any atom is -0.497 e. The van der Waals surface area contributed by atoms with Gasteiger partial charge in [0.1, 0.15) is 5.75 Å². The summed E-state index contributed by atoms with van der Waals surface area (Å²) in [6, 6.07) is 21.1. The number of hydrogen-bond acceptors (Lipinski definition) is 4. The van der Waals surface area contributed by atoms with Gasteiger partial charge in [-0.2, -0.15) is 0 Å². The number of anilines is 2. The van der Waals surface area contributed by atoms with Crippen LogP contribution in [-0.2, 0) is 16.6 Å². The number of amides is 2. The van der Waals surface area contributed by atoms with Gasteiger partial charge in [0, 0.05) is 19.6 Å². The fourth-order valence-corrected chi connectivity index (χ4v) is 5.00. The van der Waals surface area contributed by atoms with Crippen LogP contribution in [0.25, 0.3) is 0 Å². The van der Waals surface area contributed by atoms with E-state index < -0.39 is 10.0 Å². The number of ether oxygens (including phenoxy) is 1. The Morgan fingerprint density at radius 1 is 0.970 bits per heavy atom. The van der Waals surface area contributed by atoms with Crippen molar-refractivity contribution in [3.05, 3.63) is 83.9 Å². The molecule has 4 rings (SSSR count). The first kappa shape index (κ1) is 22.7. The summed E-state index contributed by atoms with van der Waals surface area (Å²) >= 11 is 0. The first-order valence-electron chi connectivity index (χ1n) is 10.8. The van der Waals surface area contributed by atoms with Gasteiger partial charge in [0.2, 0.25) is 0 Å². The minimum absolute atomic E-state index is 0.159. The molecule has 8 heteroatoms. The predicted molar refractivity (Wildman–Crippen MR) is 129 cm³/mol. The Bertz CT molecular complexity index is 1250. The van der Waals surface area contributed by atoms with Crippen molar-refractivity contribution in [1.82, 2.24) is 4.90 Å². The van der Waals surface area contributed by atoms with E-state index in [-0.39, 0.29) is 10.9 Å². The van der Waals surface area contributed by atoms with Crippen molar-refractivity contribution in [2.75, 3.05) is 29.8 Å². The molecule has 2 amide bonds. The highest BCUT2D eigenvalue weighted by atomic mass is 32.2. The predicted octanol–water partition coefficient (Wildman–Crippen LogP) is 4.64. The van der Waals surface area contributed by atoms with E-state index in [9.17, 15) is 13.2 Å². The smallest absolute Gasteiger partial charge is 0.324 e. The van der Waals surface area contributed by atoms with E-state index in [0.29, 0.717) is 31.0 Å². The van der Waals surface area contributed by atoms with Crippen molar-refractivity contribution in [1.29, 1.82) is 0 Å². The van der Waals surface area contributed by atoms with E-state index >= 15 is 0 Å². The molecule has 1 heterocycles. The van der Waals surface area contributed by atoms with Crippen LogP contribution in [0.15, 0.2) is 77.7 Å². The van der Waals surface area contributed by atoms with E-state index in [2.05, 4.69) is 4.72 Å². The lowest BCUT2D eigenvalue weighted by atomic mass is 10.1. The third-order valence-electron chi connectivity index (χ3n) is 5.56.